The van der Waals surface area contributed by atoms with Gasteiger partial charge < -0.3 is 14.2 Å². The van der Waals surface area contributed by atoms with Crippen LogP contribution in [-0.4, -0.2) is 27.4 Å². The van der Waals surface area contributed by atoms with Crippen molar-refractivity contribution in [2.24, 2.45) is 0 Å². The zero-order valence-electron chi connectivity index (χ0n) is 9.20. The Morgan fingerprint density at radius 3 is 1.88 bits per heavy atom. The maximum atomic E-state index is 10.4. The zero-order valence-corrected chi connectivity index (χ0v) is 9.20. The van der Waals surface area contributed by atoms with Crippen molar-refractivity contribution in [2.75, 3.05) is 26.6 Å². The van der Waals surface area contributed by atoms with Crippen LogP contribution < -0.4 is 19.5 Å². The van der Waals surface area contributed by atoms with E-state index in [9.17, 15) is 9.90 Å². The van der Waals surface area contributed by atoms with Crippen LogP contribution in [0.4, 0.5) is 10.5 Å². The van der Waals surface area contributed by atoms with E-state index >= 15 is 0 Å². The molecule has 1 amide bonds. The van der Waals surface area contributed by atoms with Crippen molar-refractivity contribution in [2.45, 2.75) is 0 Å². The summed E-state index contributed by atoms with van der Waals surface area (Å²) >= 11 is 0. The molecule has 0 aromatic heterocycles. The van der Waals surface area contributed by atoms with Crippen LogP contribution in [0.5, 0.6) is 17.2 Å². The molecule has 0 heterocycles. The summed E-state index contributed by atoms with van der Waals surface area (Å²) in [5, 5.41) is 12.5. The van der Waals surface area contributed by atoms with E-state index in [1.807, 2.05) is 0 Å². The highest BCUT2D eigenvalue weighted by Gasteiger charge is 2.14. The van der Waals surface area contributed by atoms with Gasteiger partial charge in [-0.1, -0.05) is 0 Å². The highest BCUT2D eigenvalue weighted by molar-refractivity contribution is 5.84. The Hall–Kier alpha value is -2.11. The van der Waals surface area contributed by atoms with Crippen molar-refractivity contribution < 1.29 is 24.1 Å². The van der Waals surface area contributed by atoms with Crippen molar-refractivity contribution in [1.29, 1.82) is 0 Å². The smallest absolute Gasteiger partial charge is 0.454 e. The number of hydrogen-bond donors (Lipinski definition) is 1. The van der Waals surface area contributed by atoms with Crippen molar-refractivity contribution in [3.8, 4) is 17.2 Å². The van der Waals surface area contributed by atoms with Gasteiger partial charge in [0.05, 0.1) is 27.0 Å². The Balaban J connectivity index is 3.20. The molecule has 1 radical (unpaired) electrons. The molecule has 0 bridgehead atoms. The zero-order chi connectivity index (χ0) is 12.1. The maximum absolute atomic E-state index is 10.4. The summed E-state index contributed by atoms with van der Waals surface area (Å²) in [4.78, 5) is 10.4. The fraction of sp³-hybridized carbons (Fsp3) is 0.300. The first-order valence-electron chi connectivity index (χ1n) is 4.40. The summed E-state index contributed by atoms with van der Waals surface area (Å²) in [5.74, 6) is 1.13. The molecule has 0 aliphatic heterocycles. The van der Waals surface area contributed by atoms with Crippen LogP contribution in [0.2, 0.25) is 0 Å². The molecular formula is C10H12NO5. The molecule has 1 rings (SSSR count). The summed E-state index contributed by atoms with van der Waals surface area (Å²) in [7, 11) is 4.35. The maximum Gasteiger partial charge on any atom is 0.454 e. The lowest BCUT2D eigenvalue weighted by molar-refractivity contribution is 0.185. The highest BCUT2D eigenvalue weighted by Crippen LogP contribution is 2.39. The number of anilines is 1. The first kappa shape index (κ1) is 12.0. The van der Waals surface area contributed by atoms with E-state index in [0.717, 1.165) is 0 Å². The van der Waals surface area contributed by atoms with E-state index in [1.165, 1.54) is 33.5 Å². The number of amides is 1. The number of nitrogens with one attached hydrogen (secondary N) is 1. The molecule has 1 N–H and O–H groups in total. The summed E-state index contributed by atoms with van der Waals surface area (Å²) < 4.78 is 15.2. The molecular weight excluding hydrogens is 214 g/mol. The second kappa shape index (κ2) is 5.11. The van der Waals surface area contributed by atoms with Crippen LogP contribution in [0.1, 0.15) is 0 Å². The predicted octanol–water partition coefficient (Wildman–Crippen LogP) is 1.67. The molecule has 16 heavy (non-hydrogen) atoms. The minimum atomic E-state index is -1.41. The molecule has 0 saturated heterocycles. The summed E-state index contributed by atoms with van der Waals surface area (Å²) in [5.41, 5.74) is 0.287. The highest BCUT2D eigenvalue weighted by atomic mass is 16.5. The van der Waals surface area contributed by atoms with Gasteiger partial charge in [-0.2, -0.15) is 0 Å². The van der Waals surface area contributed by atoms with E-state index in [2.05, 4.69) is 5.32 Å². The fourth-order valence-corrected chi connectivity index (χ4v) is 1.27. The van der Waals surface area contributed by atoms with E-state index < -0.39 is 6.09 Å². The Morgan fingerprint density at radius 1 is 1.06 bits per heavy atom. The lowest BCUT2D eigenvalue weighted by Crippen LogP contribution is -2.06. The van der Waals surface area contributed by atoms with Gasteiger partial charge in [-0.15, -0.1) is 0 Å². The van der Waals surface area contributed by atoms with Gasteiger partial charge in [-0.05, 0) is 0 Å². The average molecular weight is 226 g/mol. The molecule has 6 nitrogen and oxygen atoms in total. The monoisotopic (exact) mass is 226 g/mol. The number of carbonyl (C=O) groups excluding carboxylic acids is 1. The first-order valence-corrected chi connectivity index (χ1v) is 4.40. The minimum Gasteiger partial charge on any atom is -0.493 e. The molecule has 1 aromatic carbocycles. The topological polar surface area (TPSA) is 76.7 Å². The number of benzene rings is 1. The number of methoxy groups -OCH3 is 3. The lowest BCUT2D eigenvalue weighted by Gasteiger charge is -2.13. The van der Waals surface area contributed by atoms with Gasteiger partial charge in [0.15, 0.2) is 11.5 Å². The molecule has 0 atom stereocenters. The summed E-state index contributed by atoms with van der Waals surface area (Å²) in [6.07, 6.45) is -1.41. The van der Waals surface area contributed by atoms with Crippen LogP contribution in [0.3, 0.4) is 0 Å². The largest absolute Gasteiger partial charge is 0.493 e. The second-order valence-corrected chi connectivity index (χ2v) is 2.83. The molecule has 0 unspecified atom stereocenters. The molecule has 87 valence electrons. The van der Waals surface area contributed by atoms with Gasteiger partial charge in [0, 0.05) is 12.1 Å². The van der Waals surface area contributed by atoms with Gasteiger partial charge in [0.25, 0.3) is 0 Å². The van der Waals surface area contributed by atoms with E-state index in [1.54, 1.807) is 0 Å². The molecule has 0 saturated carbocycles. The Morgan fingerprint density at radius 2 is 1.56 bits per heavy atom. The van der Waals surface area contributed by atoms with Crippen LogP contribution >= 0.6 is 0 Å². The third-order valence-electron chi connectivity index (χ3n) is 1.91. The summed E-state index contributed by atoms with van der Waals surface area (Å²) in [6.45, 7) is 0. The van der Waals surface area contributed by atoms with Crippen molar-refractivity contribution in [1.82, 2.24) is 0 Å². The quantitative estimate of drug-likeness (QED) is 0.847. The minimum absolute atomic E-state index is 0.287. The molecule has 0 fully saturated rings. The Bertz CT molecular complexity index is 366. The Labute approximate surface area is 92.7 Å². The normalized spacial score (nSPS) is 9.44. The number of hydrogen-bond acceptors (Lipinski definition) is 4. The van der Waals surface area contributed by atoms with Crippen LogP contribution in [0, 0.1) is 0 Å². The van der Waals surface area contributed by atoms with Gasteiger partial charge in [0.2, 0.25) is 5.75 Å². The summed E-state index contributed by atoms with van der Waals surface area (Å²) in [6, 6.07) is 2.94. The molecule has 6 heteroatoms. The molecule has 0 aliphatic rings. The van der Waals surface area contributed by atoms with E-state index in [-0.39, 0.29) is 5.69 Å². The molecule has 0 aliphatic carbocycles. The predicted molar refractivity (Wildman–Crippen MR) is 55.8 cm³/mol. The number of carbonyl (C=O) groups is 1. The third kappa shape index (κ3) is 2.47. The number of ether oxygens (including phenoxy) is 3. The molecule has 0 spiro atoms. The lowest BCUT2D eigenvalue weighted by atomic mass is 10.2. The van der Waals surface area contributed by atoms with Crippen molar-refractivity contribution in [3.05, 3.63) is 12.1 Å². The van der Waals surface area contributed by atoms with Crippen LogP contribution in [0.25, 0.3) is 0 Å². The van der Waals surface area contributed by atoms with E-state index in [0.29, 0.717) is 17.2 Å². The fourth-order valence-electron chi connectivity index (χ4n) is 1.27. The van der Waals surface area contributed by atoms with Gasteiger partial charge in [0.1, 0.15) is 0 Å². The standard InChI is InChI=1S/C10H12NO5/c1-14-7-4-6(11-10(12)13)5-8(15-2)9(7)16-3/h4-5,11H,1-3H3. The van der Waals surface area contributed by atoms with Crippen LogP contribution in [-0.2, 0) is 5.11 Å². The van der Waals surface area contributed by atoms with Gasteiger partial charge in [-0.3, -0.25) is 5.32 Å². The first-order chi connectivity index (χ1) is 7.62. The van der Waals surface area contributed by atoms with E-state index in [4.69, 9.17) is 14.2 Å². The SMILES string of the molecule is COc1cc(NC([O])=O)cc(OC)c1OC. The second-order valence-electron chi connectivity index (χ2n) is 2.83. The number of rotatable bonds is 4. The third-order valence-corrected chi connectivity index (χ3v) is 1.91. The molecule has 1 aromatic rings. The Kier molecular flexibility index (Phi) is 3.82. The van der Waals surface area contributed by atoms with Gasteiger partial charge >= 0.3 is 6.09 Å². The van der Waals surface area contributed by atoms with Crippen LogP contribution in [0.15, 0.2) is 12.1 Å². The van der Waals surface area contributed by atoms with Gasteiger partial charge in [-0.25, -0.2) is 9.90 Å². The average Bonchev–Trinajstić information content (AvgIpc) is 2.26. The van der Waals surface area contributed by atoms with Crippen molar-refractivity contribution >= 4 is 11.8 Å². The van der Waals surface area contributed by atoms with Crippen molar-refractivity contribution in [3.63, 3.8) is 0 Å².